The van der Waals surface area contributed by atoms with Crippen molar-refractivity contribution in [3.63, 3.8) is 0 Å². The van der Waals surface area contributed by atoms with Gasteiger partial charge in [0.05, 0.1) is 12.4 Å². The van der Waals surface area contributed by atoms with Crippen LogP contribution in [0.5, 0.6) is 5.75 Å². The molecule has 1 N–H and O–H groups in total. The molecule has 1 aromatic carbocycles. The minimum Gasteiger partial charge on any atom is -0.494 e. The summed E-state index contributed by atoms with van der Waals surface area (Å²) in [5, 5.41) is 2.85. The van der Waals surface area contributed by atoms with Crippen molar-refractivity contribution in [2.24, 2.45) is 5.92 Å². The molecule has 5 nitrogen and oxygen atoms in total. The van der Waals surface area contributed by atoms with Crippen molar-refractivity contribution in [3.8, 4) is 5.75 Å². The molecule has 0 saturated heterocycles. The molecule has 0 radical (unpaired) electrons. The Morgan fingerprint density at radius 1 is 1.30 bits per heavy atom. The highest BCUT2D eigenvalue weighted by Gasteiger charge is 2.28. The predicted molar refractivity (Wildman–Crippen MR) is 89.6 cm³/mol. The number of carbonyl (C=O) groups is 2. The van der Waals surface area contributed by atoms with Crippen LogP contribution < -0.4 is 10.1 Å². The van der Waals surface area contributed by atoms with Gasteiger partial charge in [0.15, 0.2) is 6.61 Å². The van der Waals surface area contributed by atoms with Gasteiger partial charge in [-0.2, -0.15) is 0 Å². The maximum atomic E-state index is 11.7. The van der Waals surface area contributed by atoms with E-state index in [2.05, 4.69) is 5.32 Å². The Balaban J connectivity index is 1.63. The Morgan fingerprint density at radius 3 is 2.61 bits per heavy atom. The van der Waals surface area contributed by atoms with Gasteiger partial charge in [-0.25, -0.2) is 0 Å². The van der Waals surface area contributed by atoms with E-state index in [1.807, 2.05) is 38.1 Å². The van der Waals surface area contributed by atoms with Gasteiger partial charge in [-0.15, -0.1) is 11.8 Å². The first kappa shape index (κ1) is 17.7. The van der Waals surface area contributed by atoms with Crippen LogP contribution in [0.25, 0.3) is 0 Å². The maximum Gasteiger partial charge on any atom is 0.316 e. The van der Waals surface area contributed by atoms with E-state index >= 15 is 0 Å². The normalized spacial score (nSPS) is 14.9. The minimum absolute atomic E-state index is 0.166. The van der Waals surface area contributed by atoms with E-state index in [1.54, 1.807) is 0 Å². The highest BCUT2D eigenvalue weighted by Crippen LogP contribution is 2.32. The van der Waals surface area contributed by atoms with E-state index in [-0.39, 0.29) is 24.3 Å². The van der Waals surface area contributed by atoms with E-state index in [0.29, 0.717) is 12.5 Å². The Labute approximate surface area is 141 Å². The first-order chi connectivity index (χ1) is 11.1. The number of ether oxygens (including phenoxy) is 2. The molecule has 2 rings (SSSR count). The molecule has 0 bridgehead atoms. The van der Waals surface area contributed by atoms with Gasteiger partial charge >= 0.3 is 5.97 Å². The van der Waals surface area contributed by atoms with Crippen LogP contribution in [-0.2, 0) is 14.3 Å². The van der Waals surface area contributed by atoms with Gasteiger partial charge in [-0.05, 0) is 56.9 Å². The second-order valence-corrected chi connectivity index (χ2v) is 6.60. The summed E-state index contributed by atoms with van der Waals surface area (Å²) >= 11 is 1.37. The van der Waals surface area contributed by atoms with Crippen LogP contribution in [0, 0.1) is 5.92 Å². The van der Waals surface area contributed by atoms with Crippen molar-refractivity contribution in [3.05, 3.63) is 24.3 Å². The van der Waals surface area contributed by atoms with Crippen molar-refractivity contribution >= 4 is 23.6 Å². The summed E-state index contributed by atoms with van der Waals surface area (Å²) in [5.74, 6) is 0.951. The number of amides is 1. The van der Waals surface area contributed by atoms with Crippen molar-refractivity contribution in [1.82, 2.24) is 5.32 Å². The number of hydrogen-bond donors (Lipinski definition) is 1. The summed E-state index contributed by atoms with van der Waals surface area (Å²) < 4.78 is 10.4. The summed E-state index contributed by atoms with van der Waals surface area (Å²) in [5.41, 5.74) is 0. The average Bonchev–Trinajstić information content (AvgIpc) is 3.37. The number of carbonyl (C=O) groups excluding carboxylic acids is 2. The van der Waals surface area contributed by atoms with Crippen LogP contribution in [0.3, 0.4) is 0 Å². The third-order valence-corrected chi connectivity index (χ3v) is 4.56. The average molecular weight is 337 g/mol. The maximum absolute atomic E-state index is 11.7. The number of thioether (sulfide) groups is 1. The van der Waals surface area contributed by atoms with Gasteiger partial charge < -0.3 is 14.8 Å². The van der Waals surface area contributed by atoms with Gasteiger partial charge in [0.1, 0.15) is 5.75 Å². The fraction of sp³-hybridized carbons (Fsp3) is 0.529. The summed E-state index contributed by atoms with van der Waals surface area (Å²) in [6.45, 7) is 4.33. The van der Waals surface area contributed by atoms with Gasteiger partial charge in [0.2, 0.25) is 0 Å². The van der Waals surface area contributed by atoms with E-state index in [9.17, 15) is 9.59 Å². The topological polar surface area (TPSA) is 64.6 Å². The SMILES string of the molecule is CCOc1ccc(SCC(=O)OCC(=O)N[C@H](C)C2CC2)cc1. The van der Waals surface area contributed by atoms with E-state index in [0.717, 1.165) is 10.6 Å². The highest BCUT2D eigenvalue weighted by molar-refractivity contribution is 8.00. The third kappa shape index (κ3) is 6.52. The number of nitrogens with one attached hydrogen (secondary N) is 1. The van der Waals surface area contributed by atoms with Crippen LogP contribution in [0.4, 0.5) is 0 Å². The smallest absolute Gasteiger partial charge is 0.316 e. The molecule has 0 unspecified atom stereocenters. The van der Waals surface area contributed by atoms with E-state index in [4.69, 9.17) is 9.47 Å². The molecule has 0 aliphatic heterocycles. The lowest BCUT2D eigenvalue weighted by atomic mass is 10.2. The number of benzene rings is 1. The fourth-order valence-corrected chi connectivity index (χ4v) is 2.83. The first-order valence-electron chi connectivity index (χ1n) is 7.89. The zero-order valence-corrected chi connectivity index (χ0v) is 14.4. The molecule has 1 fully saturated rings. The molecule has 1 aliphatic carbocycles. The van der Waals surface area contributed by atoms with Crippen molar-refractivity contribution in [2.75, 3.05) is 19.0 Å². The minimum atomic E-state index is -0.391. The van der Waals surface area contributed by atoms with Gasteiger partial charge in [-0.3, -0.25) is 9.59 Å². The standard InChI is InChI=1S/C17H23NO4S/c1-3-21-14-6-8-15(9-7-14)23-11-17(20)22-10-16(19)18-12(2)13-4-5-13/h6-9,12-13H,3-5,10-11H2,1-2H3,(H,18,19)/t12-/m1/s1. The zero-order chi connectivity index (χ0) is 16.7. The van der Waals surface area contributed by atoms with E-state index < -0.39 is 5.97 Å². The summed E-state index contributed by atoms with van der Waals surface area (Å²) in [6, 6.07) is 7.69. The molecule has 1 atom stereocenters. The van der Waals surface area contributed by atoms with Gasteiger partial charge in [0.25, 0.3) is 5.91 Å². The molecule has 23 heavy (non-hydrogen) atoms. The van der Waals surface area contributed by atoms with Crippen LogP contribution in [-0.4, -0.2) is 36.9 Å². The van der Waals surface area contributed by atoms with Crippen molar-refractivity contribution in [1.29, 1.82) is 0 Å². The van der Waals surface area contributed by atoms with Crippen LogP contribution in [0.2, 0.25) is 0 Å². The molecular formula is C17H23NO4S. The molecular weight excluding hydrogens is 314 g/mol. The van der Waals surface area contributed by atoms with Crippen LogP contribution >= 0.6 is 11.8 Å². The lowest BCUT2D eigenvalue weighted by molar-refractivity contribution is -0.146. The lowest BCUT2D eigenvalue weighted by Gasteiger charge is -2.12. The fourth-order valence-electron chi connectivity index (χ4n) is 2.14. The van der Waals surface area contributed by atoms with Crippen molar-refractivity contribution < 1.29 is 19.1 Å². The predicted octanol–water partition coefficient (Wildman–Crippen LogP) is 2.64. The number of rotatable bonds is 9. The molecule has 0 spiro atoms. The summed E-state index contributed by atoms with van der Waals surface area (Å²) in [6.07, 6.45) is 2.33. The molecule has 1 saturated carbocycles. The molecule has 1 amide bonds. The molecule has 0 aromatic heterocycles. The summed E-state index contributed by atoms with van der Waals surface area (Å²) in [7, 11) is 0. The third-order valence-electron chi connectivity index (χ3n) is 3.57. The molecule has 1 aromatic rings. The zero-order valence-electron chi connectivity index (χ0n) is 13.5. The Kier molecular flexibility index (Phi) is 6.77. The van der Waals surface area contributed by atoms with Crippen LogP contribution in [0.1, 0.15) is 26.7 Å². The first-order valence-corrected chi connectivity index (χ1v) is 8.87. The van der Waals surface area contributed by atoms with Crippen molar-refractivity contribution in [2.45, 2.75) is 37.6 Å². The second kappa shape index (κ2) is 8.82. The Bertz CT molecular complexity index is 528. The highest BCUT2D eigenvalue weighted by atomic mass is 32.2. The molecule has 0 heterocycles. The Morgan fingerprint density at radius 2 is 2.00 bits per heavy atom. The van der Waals surface area contributed by atoms with Crippen LogP contribution in [0.15, 0.2) is 29.2 Å². The molecule has 126 valence electrons. The lowest BCUT2D eigenvalue weighted by Crippen LogP contribution is -2.37. The molecule has 1 aliphatic rings. The monoisotopic (exact) mass is 337 g/mol. The number of hydrogen-bond acceptors (Lipinski definition) is 5. The second-order valence-electron chi connectivity index (χ2n) is 5.55. The number of esters is 1. The quantitative estimate of drug-likeness (QED) is 0.554. The van der Waals surface area contributed by atoms with Gasteiger partial charge in [-0.1, -0.05) is 0 Å². The summed E-state index contributed by atoms with van der Waals surface area (Å²) in [4.78, 5) is 24.3. The largest absolute Gasteiger partial charge is 0.494 e. The molecule has 6 heteroatoms. The van der Waals surface area contributed by atoms with E-state index in [1.165, 1.54) is 24.6 Å². The Hall–Kier alpha value is -1.69. The van der Waals surface area contributed by atoms with Gasteiger partial charge in [0, 0.05) is 10.9 Å².